The number of nitrogens with one attached hydrogen (secondary N) is 5. The molecule has 14 heteroatoms. The minimum atomic E-state index is -4.86. The molecule has 0 aliphatic carbocycles. The first-order valence-electron chi connectivity index (χ1n) is 9.80. The second-order valence-corrected chi connectivity index (χ2v) is 7.79. The molecule has 1 aromatic carbocycles. The standard InChI is InChI=1S/C20H26F5N5O4/c1-19(2,20(23,24)25)16(30-18(33)34-3)17(32)29-8-11(31)7-28-9-12-13(21)4-10(5-14(12)22)15(27)6-26/h4-6,11,16,26-28,31H,7-9H2,1-3H3,(H,29,32)(H,30,33)/t11-,16+/m0/s1. The maximum Gasteiger partial charge on any atom is 0.407 e. The summed E-state index contributed by atoms with van der Waals surface area (Å²) in [6.45, 7) is 0.217. The zero-order chi connectivity index (χ0) is 26.3. The van der Waals surface area contributed by atoms with Crippen LogP contribution in [0.5, 0.6) is 0 Å². The van der Waals surface area contributed by atoms with Crippen LogP contribution in [0.4, 0.5) is 26.7 Å². The van der Waals surface area contributed by atoms with Crippen molar-refractivity contribution in [3.05, 3.63) is 34.9 Å². The van der Waals surface area contributed by atoms with E-state index >= 15 is 0 Å². The van der Waals surface area contributed by atoms with Gasteiger partial charge >= 0.3 is 12.3 Å². The molecule has 0 saturated carbocycles. The predicted molar refractivity (Wildman–Crippen MR) is 112 cm³/mol. The van der Waals surface area contributed by atoms with Gasteiger partial charge in [-0.05, 0) is 26.0 Å². The molecule has 0 bridgehead atoms. The number of alkyl carbamates (subject to hydrolysis) is 1. The summed E-state index contributed by atoms with van der Waals surface area (Å²) in [6.07, 6.45) is -6.85. The molecule has 1 rings (SSSR count). The van der Waals surface area contributed by atoms with Gasteiger partial charge in [0.25, 0.3) is 0 Å². The fourth-order valence-corrected chi connectivity index (χ4v) is 2.68. The Bertz CT molecular complexity index is 900. The fraction of sp³-hybridized carbons (Fsp3) is 0.500. The molecule has 34 heavy (non-hydrogen) atoms. The van der Waals surface area contributed by atoms with Gasteiger partial charge in [0.15, 0.2) is 0 Å². The third-order valence-corrected chi connectivity index (χ3v) is 4.95. The van der Waals surface area contributed by atoms with Crippen molar-refractivity contribution in [1.82, 2.24) is 16.0 Å². The van der Waals surface area contributed by atoms with E-state index in [1.165, 1.54) is 0 Å². The van der Waals surface area contributed by atoms with Crippen molar-refractivity contribution in [2.75, 3.05) is 20.2 Å². The molecule has 0 aliphatic heterocycles. The second kappa shape index (κ2) is 11.8. The largest absolute Gasteiger partial charge is 0.453 e. The van der Waals surface area contributed by atoms with Gasteiger partial charge in [-0.25, -0.2) is 13.6 Å². The average Bonchev–Trinajstić information content (AvgIpc) is 2.75. The number of aliphatic hydroxyl groups is 1. The molecule has 0 spiro atoms. The summed E-state index contributed by atoms with van der Waals surface area (Å²) >= 11 is 0. The Morgan fingerprint density at radius 3 is 2.21 bits per heavy atom. The Labute approximate surface area is 192 Å². The summed E-state index contributed by atoms with van der Waals surface area (Å²) in [5.41, 5.74) is -3.60. The number of benzene rings is 1. The molecule has 0 radical (unpaired) electrons. The van der Waals surface area contributed by atoms with Crippen molar-refractivity contribution in [2.45, 2.75) is 38.7 Å². The molecule has 2 atom stereocenters. The van der Waals surface area contributed by atoms with Gasteiger partial charge in [-0.3, -0.25) is 10.2 Å². The van der Waals surface area contributed by atoms with E-state index in [2.05, 4.69) is 15.4 Å². The van der Waals surface area contributed by atoms with Crippen molar-refractivity contribution < 1.29 is 41.4 Å². The van der Waals surface area contributed by atoms with E-state index in [4.69, 9.17) is 10.8 Å². The number of methoxy groups -OCH3 is 1. The van der Waals surface area contributed by atoms with Crippen LogP contribution in [0.2, 0.25) is 0 Å². The quantitative estimate of drug-likeness (QED) is 0.205. The molecule has 2 amide bonds. The maximum absolute atomic E-state index is 14.1. The van der Waals surface area contributed by atoms with Crippen LogP contribution in [-0.2, 0) is 16.1 Å². The summed E-state index contributed by atoms with van der Waals surface area (Å²) in [5.74, 6) is -3.20. The van der Waals surface area contributed by atoms with E-state index in [1.807, 2.05) is 5.32 Å². The third kappa shape index (κ3) is 7.45. The molecular weight excluding hydrogens is 469 g/mol. The van der Waals surface area contributed by atoms with Crippen molar-refractivity contribution in [1.29, 1.82) is 10.8 Å². The topological polar surface area (TPSA) is 147 Å². The maximum atomic E-state index is 14.1. The summed E-state index contributed by atoms with van der Waals surface area (Å²) in [5, 5.41) is 30.8. The van der Waals surface area contributed by atoms with Crippen LogP contribution in [0.25, 0.3) is 0 Å². The summed E-state index contributed by atoms with van der Waals surface area (Å²) < 4.78 is 72.6. The monoisotopic (exact) mass is 495 g/mol. The van der Waals surface area contributed by atoms with Gasteiger partial charge in [0, 0.05) is 37.0 Å². The van der Waals surface area contributed by atoms with Gasteiger partial charge in [-0.15, -0.1) is 0 Å². The van der Waals surface area contributed by atoms with E-state index in [0.717, 1.165) is 19.2 Å². The highest BCUT2D eigenvalue weighted by atomic mass is 19.4. The van der Waals surface area contributed by atoms with E-state index in [9.17, 15) is 36.6 Å². The normalized spacial score (nSPS) is 13.6. The number of amides is 2. The number of rotatable bonds is 11. The van der Waals surface area contributed by atoms with E-state index in [1.54, 1.807) is 0 Å². The highest BCUT2D eigenvalue weighted by Gasteiger charge is 2.55. The van der Waals surface area contributed by atoms with Gasteiger partial charge < -0.3 is 31.2 Å². The molecule has 0 aliphatic rings. The number of ether oxygens (including phenoxy) is 1. The number of carbonyl (C=O) groups excluding carboxylic acids is 2. The summed E-state index contributed by atoms with van der Waals surface area (Å²) in [4.78, 5) is 23.8. The van der Waals surface area contributed by atoms with Gasteiger partial charge in [0.2, 0.25) is 5.91 Å². The first-order valence-corrected chi connectivity index (χ1v) is 9.80. The summed E-state index contributed by atoms with van der Waals surface area (Å²) in [6, 6.07) is -0.316. The Balaban J connectivity index is 2.73. The van der Waals surface area contributed by atoms with Crippen molar-refractivity contribution in [3.8, 4) is 0 Å². The lowest BCUT2D eigenvalue weighted by atomic mass is 9.83. The number of halogens is 5. The Hall–Kier alpha value is -3.13. The molecule has 1 aromatic rings. The molecule has 0 aromatic heterocycles. The molecular formula is C20H26F5N5O4. The van der Waals surface area contributed by atoms with Crippen LogP contribution in [0, 0.1) is 27.9 Å². The fourth-order valence-electron chi connectivity index (χ4n) is 2.68. The predicted octanol–water partition coefficient (Wildman–Crippen LogP) is 1.86. The third-order valence-electron chi connectivity index (χ3n) is 4.95. The molecule has 0 unspecified atom stereocenters. The van der Waals surface area contributed by atoms with Crippen molar-refractivity contribution in [2.24, 2.45) is 5.41 Å². The summed E-state index contributed by atoms with van der Waals surface area (Å²) in [7, 11) is 0.914. The number of alkyl halides is 3. The lowest BCUT2D eigenvalue weighted by molar-refractivity contribution is -0.220. The lowest BCUT2D eigenvalue weighted by Gasteiger charge is -2.35. The van der Waals surface area contributed by atoms with E-state index in [-0.39, 0.29) is 18.7 Å². The second-order valence-electron chi connectivity index (χ2n) is 7.79. The molecule has 0 fully saturated rings. The Morgan fingerprint density at radius 1 is 1.18 bits per heavy atom. The van der Waals surface area contributed by atoms with Gasteiger partial charge in [0.05, 0.1) is 24.3 Å². The Morgan fingerprint density at radius 2 is 1.74 bits per heavy atom. The van der Waals surface area contributed by atoms with Crippen LogP contribution in [0.1, 0.15) is 25.0 Å². The Kier molecular flexibility index (Phi) is 10.1. The average molecular weight is 495 g/mol. The zero-order valence-electron chi connectivity index (χ0n) is 18.6. The smallest absolute Gasteiger partial charge is 0.407 e. The molecule has 0 heterocycles. The lowest BCUT2D eigenvalue weighted by Crippen LogP contribution is -2.60. The molecule has 6 N–H and O–H groups in total. The van der Waals surface area contributed by atoms with Crippen LogP contribution < -0.4 is 16.0 Å². The first kappa shape index (κ1) is 28.9. The highest BCUT2D eigenvalue weighted by Crippen LogP contribution is 2.40. The van der Waals surface area contributed by atoms with Crippen LogP contribution in [0.3, 0.4) is 0 Å². The van der Waals surface area contributed by atoms with Crippen LogP contribution in [-0.4, -0.2) is 67.6 Å². The van der Waals surface area contributed by atoms with Gasteiger partial charge in [-0.1, -0.05) is 0 Å². The van der Waals surface area contributed by atoms with Crippen LogP contribution in [0.15, 0.2) is 12.1 Å². The number of aliphatic hydroxyl groups excluding tert-OH is 1. The van der Waals surface area contributed by atoms with Crippen molar-refractivity contribution >= 4 is 23.9 Å². The van der Waals surface area contributed by atoms with Gasteiger partial charge in [0.1, 0.15) is 17.7 Å². The highest BCUT2D eigenvalue weighted by molar-refractivity contribution is 6.35. The number of hydrogen-bond donors (Lipinski definition) is 6. The molecule has 190 valence electrons. The van der Waals surface area contributed by atoms with Gasteiger partial charge in [-0.2, -0.15) is 13.2 Å². The number of carbonyl (C=O) groups is 2. The zero-order valence-corrected chi connectivity index (χ0v) is 18.6. The van der Waals surface area contributed by atoms with E-state index < -0.39 is 65.2 Å². The van der Waals surface area contributed by atoms with E-state index in [0.29, 0.717) is 20.1 Å². The minimum Gasteiger partial charge on any atom is -0.453 e. The van der Waals surface area contributed by atoms with Crippen molar-refractivity contribution in [3.63, 3.8) is 0 Å². The SMILES string of the molecule is COC(=O)N[C@H](C(=O)NC[C@@H](O)CNCc1c(F)cc(C(=N)C=N)cc1F)C(C)(C)C(F)(F)F. The first-order chi connectivity index (χ1) is 15.6. The molecule has 9 nitrogen and oxygen atoms in total. The van der Waals surface area contributed by atoms with Crippen LogP contribution >= 0.6 is 0 Å². The number of hydrogen-bond acceptors (Lipinski definition) is 7. The minimum absolute atomic E-state index is 0.131. The molecule has 0 saturated heterocycles.